The van der Waals surface area contributed by atoms with Crippen LogP contribution >= 0.6 is 24.0 Å². The molecular formula is C18H31IN4. The predicted molar refractivity (Wildman–Crippen MR) is 109 cm³/mol. The summed E-state index contributed by atoms with van der Waals surface area (Å²) in [6, 6.07) is 6.03. The minimum Gasteiger partial charge on any atom is -0.356 e. The number of hydrogen-bond acceptors (Lipinski definition) is 2. The van der Waals surface area contributed by atoms with Gasteiger partial charge in [-0.2, -0.15) is 0 Å². The van der Waals surface area contributed by atoms with Crippen LogP contribution in [0.2, 0.25) is 0 Å². The molecule has 1 heterocycles. The average Bonchev–Trinajstić information content (AvgIpc) is 3.07. The number of halogens is 1. The fraction of sp³-hybridized carbons (Fsp3) is 0.667. The zero-order valence-corrected chi connectivity index (χ0v) is 16.6. The van der Waals surface area contributed by atoms with E-state index in [9.17, 15) is 0 Å². The van der Waals surface area contributed by atoms with E-state index in [0.29, 0.717) is 0 Å². The first-order valence-electron chi connectivity index (χ1n) is 8.73. The summed E-state index contributed by atoms with van der Waals surface area (Å²) >= 11 is 0. The maximum absolute atomic E-state index is 4.33. The summed E-state index contributed by atoms with van der Waals surface area (Å²) in [5.41, 5.74) is 1.11. The Bertz CT molecular complexity index is 430. The molecule has 1 fully saturated rings. The molecule has 0 aliphatic heterocycles. The van der Waals surface area contributed by atoms with Crippen molar-refractivity contribution in [2.45, 2.75) is 51.4 Å². The Morgan fingerprint density at radius 3 is 2.65 bits per heavy atom. The number of nitrogens with zero attached hydrogens (tertiary/aromatic N) is 2. The second-order valence-electron chi connectivity index (χ2n) is 6.14. The second kappa shape index (κ2) is 12.6. The summed E-state index contributed by atoms with van der Waals surface area (Å²) in [6.45, 7) is 1.87. The van der Waals surface area contributed by atoms with Gasteiger partial charge >= 0.3 is 0 Å². The molecule has 0 radical (unpaired) electrons. The number of nitrogens with one attached hydrogen (secondary N) is 2. The highest BCUT2D eigenvalue weighted by Gasteiger charge is 2.13. The molecule has 0 unspecified atom stereocenters. The van der Waals surface area contributed by atoms with E-state index in [-0.39, 0.29) is 24.0 Å². The second-order valence-corrected chi connectivity index (χ2v) is 6.14. The van der Waals surface area contributed by atoms with Gasteiger partial charge in [-0.25, -0.2) is 0 Å². The molecule has 1 aliphatic carbocycles. The Morgan fingerprint density at radius 1 is 1.17 bits per heavy atom. The van der Waals surface area contributed by atoms with E-state index in [1.807, 2.05) is 25.4 Å². The van der Waals surface area contributed by atoms with Crippen LogP contribution in [-0.4, -0.2) is 31.1 Å². The number of hydrogen-bond donors (Lipinski definition) is 2. The lowest BCUT2D eigenvalue weighted by Gasteiger charge is -2.12. The van der Waals surface area contributed by atoms with Crippen molar-refractivity contribution in [2.75, 3.05) is 20.1 Å². The van der Waals surface area contributed by atoms with Gasteiger partial charge in [-0.15, -0.1) is 24.0 Å². The largest absolute Gasteiger partial charge is 0.356 e. The third-order valence-electron chi connectivity index (χ3n) is 4.43. The van der Waals surface area contributed by atoms with E-state index in [1.165, 1.54) is 44.9 Å². The van der Waals surface area contributed by atoms with Gasteiger partial charge in [0.05, 0.1) is 0 Å². The highest BCUT2D eigenvalue weighted by molar-refractivity contribution is 14.0. The lowest BCUT2D eigenvalue weighted by atomic mass is 10.0. The zero-order valence-electron chi connectivity index (χ0n) is 14.3. The average molecular weight is 430 g/mol. The fourth-order valence-electron chi connectivity index (χ4n) is 3.14. The first kappa shape index (κ1) is 20.2. The Labute approximate surface area is 158 Å². The standard InChI is InChI=1S/C18H30N4.HI/c1-19-18(22-15-12-17-11-5-7-13-20-17)21-14-6-4-10-16-8-2-3-9-16;/h5,7,11,13,16H,2-4,6,8-10,12,14-15H2,1H3,(H2,19,21,22);1H. The highest BCUT2D eigenvalue weighted by Crippen LogP contribution is 2.28. The lowest BCUT2D eigenvalue weighted by molar-refractivity contribution is 0.472. The minimum absolute atomic E-state index is 0. The molecule has 0 spiro atoms. The van der Waals surface area contributed by atoms with Gasteiger partial charge in [0.2, 0.25) is 0 Å². The maximum Gasteiger partial charge on any atom is 0.190 e. The Balaban J connectivity index is 0.00000264. The summed E-state index contributed by atoms with van der Waals surface area (Å²) in [5, 5.41) is 6.75. The van der Waals surface area contributed by atoms with Crippen LogP contribution in [0.15, 0.2) is 29.4 Å². The quantitative estimate of drug-likeness (QED) is 0.286. The third-order valence-corrected chi connectivity index (χ3v) is 4.43. The van der Waals surface area contributed by atoms with Gasteiger partial charge in [0.15, 0.2) is 5.96 Å². The normalized spacial score (nSPS) is 15.3. The molecule has 1 aromatic heterocycles. The van der Waals surface area contributed by atoms with Crippen LogP contribution in [0.1, 0.15) is 50.6 Å². The molecular weight excluding hydrogens is 399 g/mol. The van der Waals surface area contributed by atoms with Crippen LogP contribution in [0.25, 0.3) is 0 Å². The van der Waals surface area contributed by atoms with E-state index < -0.39 is 0 Å². The van der Waals surface area contributed by atoms with Crippen molar-refractivity contribution in [3.05, 3.63) is 30.1 Å². The van der Waals surface area contributed by atoms with Gasteiger partial charge in [0.25, 0.3) is 0 Å². The van der Waals surface area contributed by atoms with Gasteiger partial charge in [-0.05, 0) is 24.5 Å². The van der Waals surface area contributed by atoms with E-state index in [0.717, 1.165) is 37.1 Å². The first-order valence-corrected chi connectivity index (χ1v) is 8.73. The van der Waals surface area contributed by atoms with E-state index in [2.05, 4.69) is 26.7 Å². The predicted octanol–water partition coefficient (Wildman–Crippen LogP) is 3.77. The molecule has 2 N–H and O–H groups in total. The van der Waals surface area contributed by atoms with E-state index >= 15 is 0 Å². The molecule has 0 atom stereocenters. The number of pyridine rings is 1. The maximum atomic E-state index is 4.33. The van der Waals surface area contributed by atoms with Crippen LogP contribution in [0.3, 0.4) is 0 Å². The van der Waals surface area contributed by atoms with Crippen molar-refractivity contribution in [2.24, 2.45) is 10.9 Å². The Morgan fingerprint density at radius 2 is 1.96 bits per heavy atom. The van der Waals surface area contributed by atoms with Crippen molar-refractivity contribution in [1.82, 2.24) is 15.6 Å². The van der Waals surface area contributed by atoms with Crippen LogP contribution in [0.4, 0.5) is 0 Å². The smallest absolute Gasteiger partial charge is 0.190 e. The number of guanidine groups is 1. The van der Waals surface area contributed by atoms with Crippen LogP contribution < -0.4 is 10.6 Å². The van der Waals surface area contributed by atoms with Crippen molar-refractivity contribution in [3.63, 3.8) is 0 Å². The molecule has 130 valence electrons. The lowest BCUT2D eigenvalue weighted by Crippen LogP contribution is -2.38. The molecule has 1 aliphatic rings. The first-order chi connectivity index (χ1) is 10.9. The van der Waals surface area contributed by atoms with Crippen molar-refractivity contribution >= 4 is 29.9 Å². The van der Waals surface area contributed by atoms with Crippen molar-refractivity contribution < 1.29 is 0 Å². The monoisotopic (exact) mass is 430 g/mol. The van der Waals surface area contributed by atoms with Crippen LogP contribution in [0, 0.1) is 5.92 Å². The molecule has 0 aromatic carbocycles. The van der Waals surface area contributed by atoms with Crippen LogP contribution in [-0.2, 0) is 6.42 Å². The fourth-order valence-corrected chi connectivity index (χ4v) is 3.14. The van der Waals surface area contributed by atoms with E-state index in [1.54, 1.807) is 0 Å². The number of unbranched alkanes of at least 4 members (excludes halogenated alkanes) is 1. The molecule has 0 saturated heterocycles. The molecule has 4 nitrogen and oxygen atoms in total. The van der Waals surface area contributed by atoms with E-state index in [4.69, 9.17) is 0 Å². The SMILES string of the molecule is CN=C(NCCCCC1CCCC1)NCCc1ccccn1.I. The highest BCUT2D eigenvalue weighted by atomic mass is 127. The third kappa shape index (κ3) is 8.53. The molecule has 23 heavy (non-hydrogen) atoms. The van der Waals surface area contributed by atoms with Crippen molar-refractivity contribution in [1.29, 1.82) is 0 Å². The number of aromatic nitrogens is 1. The van der Waals surface area contributed by atoms with Gasteiger partial charge in [-0.1, -0.05) is 44.6 Å². The van der Waals surface area contributed by atoms with Gasteiger partial charge < -0.3 is 10.6 Å². The summed E-state index contributed by atoms with van der Waals surface area (Å²) in [7, 11) is 1.83. The molecule has 0 bridgehead atoms. The zero-order chi connectivity index (χ0) is 15.5. The number of aliphatic imine (C=N–C) groups is 1. The summed E-state index contributed by atoms with van der Waals surface area (Å²) in [6.07, 6.45) is 12.6. The molecule has 5 heteroatoms. The topological polar surface area (TPSA) is 49.3 Å². The molecule has 2 rings (SSSR count). The van der Waals surface area contributed by atoms with Gasteiger partial charge in [0, 0.05) is 38.4 Å². The van der Waals surface area contributed by atoms with Gasteiger partial charge in [0.1, 0.15) is 0 Å². The summed E-state index contributed by atoms with van der Waals surface area (Å²) < 4.78 is 0. The molecule has 1 aromatic rings. The van der Waals surface area contributed by atoms with Gasteiger partial charge in [-0.3, -0.25) is 9.98 Å². The Hall–Kier alpha value is -0.850. The summed E-state index contributed by atoms with van der Waals surface area (Å²) in [4.78, 5) is 8.59. The Kier molecular flexibility index (Phi) is 11.0. The molecule has 0 amide bonds. The minimum atomic E-state index is 0. The van der Waals surface area contributed by atoms with Crippen molar-refractivity contribution in [3.8, 4) is 0 Å². The molecule has 1 saturated carbocycles. The summed E-state index contributed by atoms with van der Waals surface area (Å²) in [5.74, 6) is 1.91. The number of rotatable bonds is 8. The van der Waals surface area contributed by atoms with Crippen LogP contribution in [0.5, 0.6) is 0 Å².